The van der Waals surface area contributed by atoms with Crippen molar-refractivity contribution in [1.29, 1.82) is 0 Å². The zero-order valence-electron chi connectivity index (χ0n) is 22.3. The van der Waals surface area contributed by atoms with Crippen molar-refractivity contribution in [2.45, 2.75) is 50.2 Å². The molecule has 0 aromatic heterocycles. The van der Waals surface area contributed by atoms with Crippen molar-refractivity contribution in [2.24, 2.45) is 0 Å². The summed E-state index contributed by atoms with van der Waals surface area (Å²) in [6.45, 7) is 2.62. The number of ether oxygens (including phenoxy) is 3. The second kappa shape index (κ2) is 10.7. The monoisotopic (exact) mass is 512 g/mol. The predicted molar refractivity (Wildman–Crippen MR) is 148 cm³/mol. The van der Waals surface area contributed by atoms with Crippen LogP contribution in [0.3, 0.4) is 0 Å². The zero-order chi connectivity index (χ0) is 26.1. The van der Waals surface area contributed by atoms with Gasteiger partial charge < -0.3 is 19.1 Å². The molecule has 0 N–H and O–H groups in total. The van der Waals surface area contributed by atoms with E-state index in [0.717, 1.165) is 43.0 Å². The number of nitrogens with zero attached hydrogens (tertiary/aromatic N) is 2. The first-order valence-corrected chi connectivity index (χ1v) is 13.7. The first-order chi connectivity index (χ1) is 18.7. The van der Waals surface area contributed by atoms with Crippen molar-refractivity contribution >= 4 is 6.09 Å². The van der Waals surface area contributed by atoms with Gasteiger partial charge in [-0.25, -0.2) is 4.79 Å². The normalized spacial score (nSPS) is 18.7. The first-order valence-electron chi connectivity index (χ1n) is 13.7. The van der Waals surface area contributed by atoms with Crippen LogP contribution in [0.1, 0.15) is 48.3 Å². The lowest BCUT2D eigenvalue weighted by molar-refractivity contribution is 0.0575. The summed E-state index contributed by atoms with van der Waals surface area (Å²) in [5.74, 6) is 1.72. The third-order valence-corrected chi connectivity index (χ3v) is 8.32. The van der Waals surface area contributed by atoms with Gasteiger partial charge in [-0.15, -0.1) is 0 Å². The van der Waals surface area contributed by atoms with Crippen LogP contribution in [0.4, 0.5) is 4.79 Å². The SMILES string of the molecule is COc1ccc(CN(C2CC2)[C@@H]2CCCN(C(=O)OCC3c4ccccc4-c4ccccc43)C2)c(OC)c1. The van der Waals surface area contributed by atoms with E-state index in [9.17, 15) is 4.79 Å². The van der Waals surface area contributed by atoms with E-state index in [4.69, 9.17) is 14.2 Å². The summed E-state index contributed by atoms with van der Waals surface area (Å²) in [5, 5.41) is 0. The van der Waals surface area contributed by atoms with Crippen molar-refractivity contribution < 1.29 is 19.0 Å². The van der Waals surface area contributed by atoms with Gasteiger partial charge in [0.05, 0.1) is 14.2 Å². The molecule has 1 atom stereocenters. The fourth-order valence-electron chi connectivity index (χ4n) is 6.22. The number of likely N-dealkylation sites (tertiary alicyclic amines) is 1. The van der Waals surface area contributed by atoms with Crippen LogP contribution in [-0.2, 0) is 11.3 Å². The molecule has 3 aliphatic rings. The number of hydrogen-bond donors (Lipinski definition) is 0. The summed E-state index contributed by atoms with van der Waals surface area (Å²) in [5.41, 5.74) is 6.13. The molecule has 1 saturated carbocycles. The maximum Gasteiger partial charge on any atom is 0.409 e. The molecule has 0 radical (unpaired) electrons. The Balaban J connectivity index is 1.13. The molecule has 1 amide bonds. The Bertz CT molecular complexity index is 1260. The molecule has 1 saturated heterocycles. The molecular weight excluding hydrogens is 476 g/mol. The van der Waals surface area contributed by atoms with Crippen molar-refractivity contribution in [3.05, 3.63) is 83.4 Å². The standard InChI is InChI=1S/C32H36N2O4/c1-36-25-16-13-22(31(18-25)37-2)19-34(23-14-15-23)24-8-7-17-33(20-24)32(35)38-21-30-28-11-5-3-9-26(28)27-10-4-6-12-29(27)30/h3-6,9-13,16,18,23-24,30H,7-8,14-15,17,19-21H2,1-2H3/t24-/m1/s1. The molecule has 0 spiro atoms. The molecule has 6 rings (SSSR count). The quantitative estimate of drug-likeness (QED) is 0.366. The highest BCUT2D eigenvalue weighted by Crippen LogP contribution is 2.44. The molecule has 6 heteroatoms. The number of benzene rings is 3. The fraction of sp³-hybridized carbons (Fsp3) is 0.406. The molecule has 2 fully saturated rings. The molecule has 2 aliphatic carbocycles. The van der Waals surface area contributed by atoms with Crippen LogP contribution < -0.4 is 9.47 Å². The van der Waals surface area contributed by atoms with Gasteiger partial charge in [0.2, 0.25) is 0 Å². The summed E-state index contributed by atoms with van der Waals surface area (Å²) >= 11 is 0. The van der Waals surface area contributed by atoms with Gasteiger partial charge >= 0.3 is 6.09 Å². The Morgan fingerprint density at radius 2 is 1.61 bits per heavy atom. The second-order valence-corrected chi connectivity index (χ2v) is 10.6. The van der Waals surface area contributed by atoms with Crippen molar-refractivity contribution in [3.8, 4) is 22.6 Å². The van der Waals surface area contributed by atoms with Gasteiger partial charge in [0.15, 0.2) is 0 Å². The van der Waals surface area contributed by atoms with E-state index in [1.165, 1.54) is 35.1 Å². The van der Waals surface area contributed by atoms with E-state index < -0.39 is 0 Å². The summed E-state index contributed by atoms with van der Waals surface area (Å²) < 4.78 is 17.1. The minimum atomic E-state index is -0.200. The van der Waals surface area contributed by atoms with Crippen LogP contribution >= 0.6 is 0 Å². The molecule has 38 heavy (non-hydrogen) atoms. The predicted octanol–water partition coefficient (Wildman–Crippen LogP) is 6.08. The van der Waals surface area contributed by atoms with Crippen molar-refractivity contribution in [2.75, 3.05) is 33.9 Å². The highest BCUT2D eigenvalue weighted by atomic mass is 16.6. The third-order valence-electron chi connectivity index (χ3n) is 8.32. The van der Waals surface area contributed by atoms with Crippen LogP contribution in [0.25, 0.3) is 11.1 Å². The molecule has 198 valence electrons. The minimum absolute atomic E-state index is 0.0810. The Morgan fingerprint density at radius 3 is 2.26 bits per heavy atom. The van der Waals surface area contributed by atoms with E-state index in [1.54, 1.807) is 14.2 Å². The van der Waals surface area contributed by atoms with Gasteiger partial charge in [-0.2, -0.15) is 0 Å². The molecule has 3 aromatic rings. The highest BCUT2D eigenvalue weighted by molar-refractivity contribution is 5.79. The number of carbonyl (C=O) groups excluding carboxylic acids is 1. The molecule has 3 aromatic carbocycles. The molecule has 0 unspecified atom stereocenters. The minimum Gasteiger partial charge on any atom is -0.497 e. The Morgan fingerprint density at radius 1 is 0.895 bits per heavy atom. The van der Waals surface area contributed by atoms with Crippen LogP contribution in [-0.4, -0.2) is 61.9 Å². The topological polar surface area (TPSA) is 51.2 Å². The maximum atomic E-state index is 13.3. The largest absolute Gasteiger partial charge is 0.497 e. The molecule has 1 heterocycles. The van der Waals surface area contributed by atoms with Crippen molar-refractivity contribution in [1.82, 2.24) is 9.80 Å². The Kier molecular flexibility index (Phi) is 6.98. The van der Waals surface area contributed by atoms with Crippen LogP contribution in [0.5, 0.6) is 11.5 Å². The van der Waals surface area contributed by atoms with E-state index >= 15 is 0 Å². The van der Waals surface area contributed by atoms with Crippen LogP contribution in [0.15, 0.2) is 66.7 Å². The first kappa shape index (κ1) is 24.8. The maximum absolute atomic E-state index is 13.3. The molecule has 6 nitrogen and oxygen atoms in total. The van der Waals surface area contributed by atoms with E-state index in [-0.39, 0.29) is 12.0 Å². The van der Waals surface area contributed by atoms with Gasteiger partial charge in [-0.1, -0.05) is 54.6 Å². The molecular formula is C32H36N2O4. The number of methoxy groups -OCH3 is 2. The summed E-state index contributed by atoms with van der Waals surface area (Å²) in [4.78, 5) is 17.8. The number of piperidine rings is 1. The number of hydrogen-bond acceptors (Lipinski definition) is 5. The van der Waals surface area contributed by atoms with E-state index in [2.05, 4.69) is 59.5 Å². The van der Waals surface area contributed by atoms with Gasteiger partial charge in [0, 0.05) is 49.3 Å². The lowest BCUT2D eigenvalue weighted by Crippen LogP contribution is -2.50. The summed E-state index contributed by atoms with van der Waals surface area (Å²) in [6, 6.07) is 23.8. The fourth-order valence-corrected chi connectivity index (χ4v) is 6.22. The number of rotatable bonds is 8. The third kappa shape index (κ3) is 4.85. The van der Waals surface area contributed by atoms with Crippen molar-refractivity contribution in [3.63, 3.8) is 0 Å². The van der Waals surface area contributed by atoms with E-state index in [1.807, 2.05) is 17.0 Å². The van der Waals surface area contributed by atoms with Crippen LogP contribution in [0.2, 0.25) is 0 Å². The Labute approximate surface area is 225 Å². The molecule has 1 aliphatic heterocycles. The lowest BCUT2D eigenvalue weighted by atomic mass is 9.98. The number of amides is 1. The summed E-state index contributed by atoms with van der Waals surface area (Å²) in [7, 11) is 3.38. The zero-order valence-corrected chi connectivity index (χ0v) is 22.3. The highest BCUT2D eigenvalue weighted by Gasteiger charge is 2.38. The number of fused-ring (bicyclic) bond motifs is 3. The van der Waals surface area contributed by atoms with Crippen LogP contribution in [0, 0.1) is 0 Å². The molecule has 0 bridgehead atoms. The van der Waals surface area contributed by atoms with Gasteiger partial charge in [-0.05, 0) is 54.0 Å². The van der Waals surface area contributed by atoms with E-state index in [0.29, 0.717) is 25.2 Å². The number of carbonyl (C=O) groups is 1. The second-order valence-electron chi connectivity index (χ2n) is 10.6. The van der Waals surface area contributed by atoms with Gasteiger partial charge in [0.1, 0.15) is 18.1 Å². The van der Waals surface area contributed by atoms with Gasteiger partial charge in [-0.3, -0.25) is 4.90 Å². The summed E-state index contributed by atoms with van der Waals surface area (Å²) in [6.07, 6.45) is 4.29. The average molecular weight is 513 g/mol. The Hall–Kier alpha value is -3.51. The smallest absolute Gasteiger partial charge is 0.409 e. The lowest BCUT2D eigenvalue weighted by Gasteiger charge is -2.39. The average Bonchev–Trinajstić information content (AvgIpc) is 3.77. The van der Waals surface area contributed by atoms with Gasteiger partial charge in [0.25, 0.3) is 0 Å².